The second-order valence-corrected chi connectivity index (χ2v) is 5.05. The van der Waals surface area contributed by atoms with E-state index in [4.69, 9.17) is 4.74 Å². The highest BCUT2D eigenvalue weighted by molar-refractivity contribution is 9.08. The first-order chi connectivity index (χ1) is 8.83. The van der Waals surface area contributed by atoms with Crippen LogP contribution in [0.2, 0.25) is 0 Å². The molecule has 0 aromatic heterocycles. The zero-order chi connectivity index (χ0) is 14.5. The maximum absolute atomic E-state index is 11.9. The molecule has 0 saturated carbocycles. The summed E-state index contributed by atoms with van der Waals surface area (Å²) in [5.74, 6) is 0.104. The molecular formula is C10H9BrF3NO3S. The monoisotopic (exact) mass is 359 g/mol. The van der Waals surface area contributed by atoms with Gasteiger partial charge in [-0.2, -0.15) is 13.2 Å². The molecule has 1 rings (SSSR count). The fourth-order valence-corrected chi connectivity index (χ4v) is 2.07. The average Bonchev–Trinajstić information content (AvgIpc) is 2.33. The Morgan fingerprint density at radius 3 is 2.63 bits per heavy atom. The molecule has 0 unspecified atom stereocenters. The Labute approximate surface area is 119 Å². The highest BCUT2D eigenvalue weighted by Crippen LogP contribution is 2.30. The quantitative estimate of drug-likeness (QED) is 0.331. The summed E-state index contributed by atoms with van der Waals surface area (Å²) in [6, 6.07) is 3.95. The van der Waals surface area contributed by atoms with Crippen molar-refractivity contribution < 1.29 is 22.8 Å². The van der Waals surface area contributed by atoms with Crippen molar-refractivity contribution in [3.63, 3.8) is 0 Å². The number of hydrogen-bond acceptors (Lipinski definition) is 4. The molecule has 1 aromatic carbocycles. The van der Waals surface area contributed by atoms with E-state index in [2.05, 4.69) is 15.9 Å². The Bertz CT molecular complexity index is 456. The summed E-state index contributed by atoms with van der Waals surface area (Å²) >= 11 is 2.97. The highest BCUT2D eigenvalue weighted by atomic mass is 79.9. The molecule has 106 valence electrons. The van der Waals surface area contributed by atoms with Crippen LogP contribution >= 0.6 is 27.7 Å². The molecule has 1 aromatic rings. The van der Waals surface area contributed by atoms with Gasteiger partial charge in [-0.25, -0.2) is 0 Å². The smallest absolute Gasteiger partial charge is 0.441 e. The third kappa shape index (κ3) is 5.68. The van der Waals surface area contributed by atoms with Gasteiger partial charge in [0.15, 0.2) is 0 Å². The van der Waals surface area contributed by atoms with E-state index in [0.717, 1.165) is 0 Å². The molecule has 0 saturated heterocycles. The zero-order valence-corrected chi connectivity index (χ0v) is 11.8. The van der Waals surface area contributed by atoms with Crippen LogP contribution in [0.15, 0.2) is 18.2 Å². The van der Waals surface area contributed by atoms with Gasteiger partial charge in [-0.05, 0) is 17.8 Å². The summed E-state index contributed by atoms with van der Waals surface area (Å²) in [6.45, 7) is -0.123. The van der Waals surface area contributed by atoms with E-state index in [1.165, 1.54) is 18.2 Å². The minimum Gasteiger partial charge on any atom is -0.492 e. The maximum atomic E-state index is 11.9. The summed E-state index contributed by atoms with van der Waals surface area (Å²) in [5.41, 5.74) is -3.85. The normalized spacial score (nSPS) is 11.4. The Kier molecular flexibility index (Phi) is 5.92. The number of hydrogen-bond donors (Lipinski definition) is 0. The van der Waals surface area contributed by atoms with Crippen LogP contribution in [-0.2, 0) is 5.33 Å². The van der Waals surface area contributed by atoms with E-state index in [1.54, 1.807) is 0 Å². The SMILES string of the molecule is O=[N+]([O-])c1ccc(OCCSC(F)(F)F)c(CBr)c1. The van der Waals surface area contributed by atoms with Crippen LogP contribution in [0, 0.1) is 10.1 Å². The number of nitro groups is 1. The topological polar surface area (TPSA) is 52.4 Å². The molecule has 0 aliphatic carbocycles. The van der Waals surface area contributed by atoms with Crippen molar-refractivity contribution in [2.75, 3.05) is 12.4 Å². The van der Waals surface area contributed by atoms with Gasteiger partial charge >= 0.3 is 5.51 Å². The largest absolute Gasteiger partial charge is 0.492 e. The first kappa shape index (κ1) is 16.1. The van der Waals surface area contributed by atoms with Crippen LogP contribution in [0.5, 0.6) is 5.75 Å². The number of non-ortho nitro benzene ring substituents is 1. The van der Waals surface area contributed by atoms with Crippen LogP contribution < -0.4 is 4.74 Å². The van der Waals surface area contributed by atoms with Gasteiger partial charge in [-0.15, -0.1) is 0 Å². The van der Waals surface area contributed by atoms with Crippen LogP contribution in [0.25, 0.3) is 0 Å². The van der Waals surface area contributed by atoms with Gasteiger partial charge in [0.2, 0.25) is 0 Å². The lowest BCUT2D eigenvalue weighted by Crippen LogP contribution is -2.08. The van der Waals surface area contributed by atoms with Gasteiger partial charge in [0.25, 0.3) is 5.69 Å². The number of nitro benzene ring substituents is 1. The minimum atomic E-state index is -4.28. The molecule has 0 aliphatic heterocycles. The summed E-state index contributed by atoms with van der Waals surface area (Å²) in [5, 5.41) is 10.9. The molecule has 0 aliphatic rings. The molecule has 9 heteroatoms. The van der Waals surface area contributed by atoms with Crippen molar-refractivity contribution >= 4 is 33.4 Å². The summed E-state index contributed by atoms with van der Waals surface area (Å²) in [7, 11) is 0. The molecule has 0 spiro atoms. The van der Waals surface area contributed by atoms with Crippen molar-refractivity contribution in [1.29, 1.82) is 0 Å². The predicted molar refractivity (Wildman–Crippen MR) is 69.7 cm³/mol. The number of halogens is 4. The molecule has 4 nitrogen and oxygen atoms in total. The first-order valence-electron chi connectivity index (χ1n) is 5.00. The number of ether oxygens (including phenoxy) is 1. The van der Waals surface area contributed by atoms with Gasteiger partial charge in [0, 0.05) is 28.8 Å². The van der Waals surface area contributed by atoms with E-state index in [9.17, 15) is 23.3 Å². The van der Waals surface area contributed by atoms with Gasteiger partial charge in [0.1, 0.15) is 5.75 Å². The van der Waals surface area contributed by atoms with E-state index in [0.29, 0.717) is 16.6 Å². The average molecular weight is 360 g/mol. The number of alkyl halides is 4. The third-order valence-corrected chi connectivity index (χ3v) is 3.31. The molecule has 0 N–H and O–H groups in total. The molecular weight excluding hydrogens is 351 g/mol. The van der Waals surface area contributed by atoms with Gasteiger partial charge in [0.05, 0.1) is 11.5 Å². The van der Waals surface area contributed by atoms with Crippen molar-refractivity contribution in [1.82, 2.24) is 0 Å². The van der Waals surface area contributed by atoms with E-state index in [-0.39, 0.29) is 29.8 Å². The first-order valence-corrected chi connectivity index (χ1v) is 7.11. The predicted octanol–water partition coefficient (Wildman–Crippen LogP) is 4.12. The minimum absolute atomic E-state index is 0.0912. The van der Waals surface area contributed by atoms with Crippen LogP contribution in [0.4, 0.5) is 18.9 Å². The summed E-state index contributed by atoms with van der Waals surface area (Å²) < 4.78 is 40.9. The van der Waals surface area contributed by atoms with Crippen molar-refractivity contribution in [3.05, 3.63) is 33.9 Å². The van der Waals surface area contributed by atoms with Gasteiger partial charge in [-0.1, -0.05) is 15.9 Å². The highest BCUT2D eigenvalue weighted by Gasteiger charge is 2.27. The molecule has 0 amide bonds. The zero-order valence-electron chi connectivity index (χ0n) is 9.45. The molecule has 0 atom stereocenters. The summed E-state index contributed by atoms with van der Waals surface area (Å²) in [4.78, 5) is 10.0. The fourth-order valence-electron chi connectivity index (χ4n) is 1.23. The van der Waals surface area contributed by atoms with Crippen molar-refractivity contribution in [2.24, 2.45) is 0 Å². The number of thioether (sulfide) groups is 1. The lowest BCUT2D eigenvalue weighted by Gasteiger charge is -2.10. The molecule has 0 bridgehead atoms. The Hall–Kier alpha value is -0.960. The van der Waals surface area contributed by atoms with E-state index < -0.39 is 10.4 Å². The van der Waals surface area contributed by atoms with E-state index >= 15 is 0 Å². The van der Waals surface area contributed by atoms with Gasteiger partial charge < -0.3 is 4.74 Å². The van der Waals surface area contributed by atoms with Crippen LogP contribution in [-0.4, -0.2) is 22.8 Å². The summed E-state index contributed by atoms with van der Waals surface area (Å²) in [6.07, 6.45) is 0. The fraction of sp³-hybridized carbons (Fsp3) is 0.400. The second-order valence-electron chi connectivity index (χ2n) is 3.33. The molecule has 19 heavy (non-hydrogen) atoms. The number of nitrogens with zero attached hydrogens (tertiary/aromatic N) is 1. The van der Waals surface area contributed by atoms with Crippen LogP contribution in [0.3, 0.4) is 0 Å². The molecule has 0 radical (unpaired) electrons. The van der Waals surface area contributed by atoms with Crippen molar-refractivity contribution in [2.45, 2.75) is 10.8 Å². The lowest BCUT2D eigenvalue weighted by atomic mass is 10.2. The third-order valence-electron chi connectivity index (χ3n) is 2.01. The Morgan fingerprint density at radius 2 is 2.11 bits per heavy atom. The Morgan fingerprint density at radius 1 is 1.42 bits per heavy atom. The van der Waals surface area contributed by atoms with Crippen LogP contribution in [0.1, 0.15) is 5.56 Å². The number of benzene rings is 1. The maximum Gasteiger partial charge on any atom is 0.441 e. The lowest BCUT2D eigenvalue weighted by molar-refractivity contribution is -0.384. The number of rotatable bonds is 6. The van der Waals surface area contributed by atoms with E-state index in [1.807, 2.05) is 0 Å². The molecule has 0 heterocycles. The van der Waals surface area contributed by atoms with Gasteiger partial charge in [-0.3, -0.25) is 10.1 Å². The second kappa shape index (κ2) is 6.99. The van der Waals surface area contributed by atoms with Crippen molar-refractivity contribution in [3.8, 4) is 5.75 Å². The Balaban J connectivity index is 2.61. The standard InChI is InChI=1S/C10H9BrF3NO3S/c11-6-7-5-8(15(16)17)1-2-9(7)18-3-4-19-10(12,13)14/h1-2,5H,3-4,6H2. The molecule has 0 fully saturated rings.